The van der Waals surface area contributed by atoms with Crippen molar-refractivity contribution >= 4 is 22.5 Å². The molecule has 2 heterocycles. The van der Waals surface area contributed by atoms with Gasteiger partial charge in [0.05, 0.1) is 11.6 Å². The van der Waals surface area contributed by atoms with E-state index in [1.54, 1.807) is 0 Å². The molecule has 26 heavy (non-hydrogen) atoms. The zero-order chi connectivity index (χ0) is 17.5. The molecule has 4 heteroatoms. The van der Waals surface area contributed by atoms with E-state index in [-0.39, 0.29) is 11.8 Å². The summed E-state index contributed by atoms with van der Waals surface area (Å²) in [5.41, 5.74) is 9.87. The Morgan fingerprint density at radius 1 is 1.00 bits per heavy atom. The number of aromatic amines is 1. The van der Waals surface area contributed by atoms with Crippen molar-refractivity contribution in [1.82, 2.24) is 10.4 Å². The van der Waals surface area contributed by atoms with Crippen LogP contribution in [0.15, 0.2) is 53.8 Å². The molecule has 1 unspecified atom stereocenters. The highest BCUT2D eigenvalue weighted by atomic mass is 16.2. The van der Waals surface area contributed by atoms with Crippen LogP contribution in [0.2, 0.25) is 0 Å². The van der Waals surface area contributed by atoms with Crippen molar-refractivity contribution in [3.8, 4) is 0 Å². The first kappa shape index (κ1) is 15.4. The quantitative estimate of drug-likeness (QED) is 0.724. The summed E-state index contributed by atoms with van der Waals surface area (Å²) >= 11 is 0. The van der Waals surface area contributed by atoms with Gasteiger partial charge in [0.25, 0.3) is 0 Å². The zero-order valence-corrected chi connectivity index (χ0v) is 14.6. The third-order valence-corrected chi connectivity index (χ3v) is 5.69. The second-order valence-electron chi connectivity index (χ2n) is 7.27. The fourth-order valence-electron chi connectivity index (χ4n) is 4.26. The highest BCUT2D eigenvalue weighted by Gasteiger charge is 2.29. The number of hydrogen-bond donors (Lipinski definition) is 2. The Kier molecular flexibility index (Phi) is 3.63. The Bertz CT molecular complexity index is 1030. The van der Waals surface area contributed by atoms with Gasteiger partial charge in [-0.25, -0.2) is 5.43 Å². The summed E-state index contributed by atoms with van der Waals surface area (Å²) < 4.78 is 0. The van der Waals surface area contributed by atoms with Gasteiger partial charge in [-0.15, -0.1) is 0 Å². The Hall–Kier alpha value is -2.88. The number of fused-ring (bicyclic) bond motifs is 2. The maximum atomic E-state index is 12.5. The maximum absolute atomic E-state index is 12.5. The summed E-state index contributed by atoms with van der Waals surface area (Å²) in [6.07, 6.45) is 7.46. The monoisotopic (exact) mass is 343 g/mol. The predicted molar refractivity (Wildman–Crippen MR) is 103 cm³/mol. The highest BCUT2D eigenvalue weighted by molar-refractivity contribution is 6.07. The number of H-pyrrole nitrogens is 1. The summed E-state index contributed by atoms with van der Waals surface area (Å²) in [4.78, 5) is 15.8. The van der Waals surface area contributed by atoms with E-state index in [1.165, 1.54) is 30.4 Å². The topological polar surface area (TPSA) is 57.2 Å². The van der Waals surface area contributed by atoms with Gasteiger partial charge in [-0.2, -0.15) is 5.10 Å². The molecule has 0 radical (unpaired) electrons. The fourth-order valence-corrected chi connectivity index (χ4v) is 4.26. The smallest absolute Gasteiger partial charge is 0.248 e. The van der Waals surface area contributed by atoms with Crippen molar-refractivity contribution in [2.75, 3.05) is 0 Å². The van der Waals surface area contributed by atoms with Gasteiger partial charge in [0.2, 0.25) is 5.91 Å². The molecule has 1 atom stereocenters. The molecule has 1 aliphatic heterocycles. The van der Waals surface area contributed by atoms with E-state index in [1.807, 2.05) is 24.4 Å². The number of benzene rings is 2. The van der Waals surface area contributed by atoms with Crippen LogP contribution in [0.25, 0.3) is 10.9 Å². The van der Waals surface area contributed by atoms with Crippen LogP contribution < -0.4 is 5.43 Å². The van der Waals surface area contributed by atoms with Gasteiger partial charge in [-0.1, -0.05) is 30.3 Å². The van der Waals surface area contributed by atoms with Gasteiger partial charge in [0, 0.05) is 23.5 Å². The van der Waals surface area contributed by atoms with E-state index in [9.17, 15) is 4.79 Å². The van der Waals surface area contributed by atoms with Crippen LogP contribution in [0.5, 0.6) is 0 Å². The van der Waals surface area contributed by atoms with Gasteiger partial charge in [-0.3, -0.25) is 4.79 Å². The van der Waals surface area contributed by atoms with E-state index < -0.39 is 0 Å². The Balaban J connectivity index is 1.50. The van der Waals surface area contributed by atoms with Crippen LogP contribution in [-0.2, 0) is 17.6 Å². The lowest BCUT2D eigenvalue weighted by Crippen LogP contribution is -2.33. The van der Waals surface area contributed by atoms with E-state index >= 15 is 0 Å². The lowest BCUT2D eigenvalue weighted by Gasteiger charge is -2.23. The highest BCUT2D eigenvalue weighted by Crippen LogP contribution is 2.32. The Morgan fingerprint density at radius 3 is 2.77 bits per heavy atom. The third kappa shape index (κ3) is 2.53. The number of rotatable bonds is 2. The molecule has 1 aliphatic carbocycles. The SMILES string of the molecule is O=C1NN=C(c2ccc3c(c2)CCCC3)CC1c1c[nH]c2ccccc12. The molecule has 5 rings (SSSR count). The molecule has 0 saturated carbocycles. The number of hydrazone groups is 1. The van der Waals surface area contributed by atoms with Crippen molar-refractivity contribution in [3.05, 3.63) is 70.9 Å². The van der Waals surface area contributed by atoms with Crippen LogP contribution in [0.3, 0.4) is 0 Å². The van der Waals surface area contributed by atoms with Gasteiger partial charge in [0.15, 0.2) is 0 Å². The lowest BCUT2D eigenvalue weighted by molar-refractivity contribution is -0.122. The number of hydrogen-bond acceptors (Lipinski definition) is 2. The van der Waals surface area contributed by atoms with Gasteiger partial charge < -0.3 is 4.98 Å². The van der Waals surface area contributed by atoms with E-state index in [2.05, 4.69) is 39.8 Å². The number of nitrogens with one attached hydrogen (secondary N) is 2. The minimum Gasteiger partial charge on any atom is -0.361 e. The second-order valence-corrected chi connectivity index (χ2v) is 7.27. The van der Waals surface area contributed by atoms with Crippen LogP contribution in [0, 0.1) is 0 Å². The molecule has 0 bridgehead atoms. The van der Waals surface area contributed by atoms with E-state index in [4.69, 9.17) is 0 Å². The molecule has 4 nitrogen and oxygen atoms in total. The second kappa shape index (κ2) is 6.13. The Labute approximate surface area is 152 Å². The minimum absolute atomic E-state index is 0.0311. The number of nitrogens with zero attached hydrogens (tertiary/aromatic N) is 1. The average molecular weight is 343 g/mol. The standard InChI is InChI=1S/C22H21N3O/c26-22-18(19-13-23-20-8-4-3-7-17(19)20)12-21(24-25-22)16-10-9-14-5-1-2-6-15(14)11-16/h3-4,7-11,13,18,23H,1-2,5-6,12H2,(H,25,26). The van der Waals surface area contributed by atoms with Gasteiger partial charge in [-0.05, 0) is 60.1 Å². The normalized spacial score (nSPS) is 19.8. The van der Waals surface area contributed by atoms with Crippen molar-refractivity contribution in [3.63, 3.8) is 0 Å². The van der Waals surface area contributed by atoms with Crippen LogP contribution in [-0.4, -0.2) is 16.6 Å². The van der Waals surface area contributed by atoms with Gasteiger partial charge in [0.1, 0.15) is 0 Å². The summed E-state index contributed by atoms with van der Waals surface area (Å²) in [5, 5.41) is 5.49. The first-order valence-electron chi connectivity index (χ1n) is 9.34. The van der Waals surface area contributed by atoms with Gasteiger partial charge >= 0.3 is 0 Å². The molecule has 3 aromatic rings. The predicted octanol–water partition coefficient (Wildman–Crippen LogP) is 4.05. The number of para-hydroxylation sites is 1. The third-order valence-electron chi connectivity index (χ3n) is 5.69. The molecular formula is C22H21N3O. The number of aromatic nitrogens is 1. The maximum Gasteiger partial charge on any atom is 0.248 e. The molecule has 0 fully saturated rings. The number of carbonyl (C=O) groups is 1. The molecule has 0 spiro atoms. The molecule has 2 aliphatic rings. The molecule has 1 amide bonds. The molecule has 1 aromatic heterocycles. The number of aryl methyl sites for hydroxylation is 2. The van der Waals surface area contributed by atoms with Crippen molar-refractivity contribution in [1.29, 1.82) is 0 Å². The average Bonchev–Trinajstić information content (AvgIpc) is 3.12. The number of amides is 1. The first-order chi connectivity index (χ1) is 12.8. The summed E-state index contributed by atoms with van der Waals surface area (Å²) in [6.45, 7) is 0. The molecule has 2 N–H and O–H groups in total. The lowest BCUT2D eigenvalue weighted by atomic mass is 9.86. The fraction of sp³-hybridized carbons (Fsp3) is 0.273. The van der Waals surface area contributed by atoms with Crippen molar-refractivity contribution < 1.29 is 4.79 Å². The van der Waals surface area contributed by atoms with E-state index in [0.717, 1.165) is 34.2 Å². The molecular weight excluding hydrogens is 322 g/mol. The summed E-state index contributed by atoms with van der Waals surface area (Å²) in [7, 11) is 0. The van der Waals surface area contributed by atoms with Crippen LogP contribution in [0.1, 0.15) is 47.4 Å². The zero-order valence-electron chi connectivity index (χ0n) is 14.6. The van der Waals surface area contributed by atoms with E-state index in [0.29, 0.717) is 6.42 Å². The molecule has 2 aromatic carbocycles. The minimum atomic E-state index is -0.213. The van der Waals surface area contributed by atoms with Crippen molar-refractivity contribution in [2.24, 2.45) is 5.10 Å². The summed E-state index contributed by atoms with van der Waals surface area (Å²) in [5.74, 6) is -0.244. The largest absolute Gasteiger partial charge is 0.361 e. The number of carbonyl (C=O) groups excluding carboxylic acids is 1. The van der Waals surface area contributed by atoms with Crippen LogP contribution >= 0.6 is 0 Å². The molecule has 130 valence electrons. The Morgan fingerprint density at radius 2 is 1.85 bits per heavy atom. The molecule has 0 saturated heterocycles. The van der Waals surface area contributed by atoms with Crippen LogP contribution in [0.4, 0.5) is 0 Å². The summed E-state index contributed by atoms with van der Waals surface area (Å²) in [6, 6.07) is 14.8. The first-order valence-corrected chi connectivity index (χ1v) is 9.34. The van der Waals surface area contributed by atoms with Crippen molar-refractivity contribution in [2.45, 2.75) is 38.0 Å².